The van der Waals surface area contributed by atoms with Gasteiger partial charge in [-0.1, -0.05) is 219 Å². The summed E-state index contributed by atoms with van der Waals surface area (Å²) in [6.07, 6.45) is 47.9. The Morgan fingerprint density at radius 3 is 0.964 bits per heavy atom. The molecule has 0 spiro atoms. The van der Waals surface area contributed by atoms with Crippen LogP contribution >= 0.6 is 0 Å². The maximum Gasteiger partial charge on any atom is 0.306 e. The van der Waals surface area contributed by atoms with Gasteiger partial charge in [0.1, 0.15) is 13.2 Å². The quantitative estimate of drug-likeness (QED) is 0.0265. The van der Waals surface area contributed by atoms with Crippen molar-refractivity contribution in [2.45, 2.75) is 271 Å². The summed E-state index contributed by atoms with van der Waals surface area (Å²) in [6.45, 7) is 6.58. The third-order valence-corrected chi connectivity index (χ3v) is 10.8. The fraction of sp³-hybridized carbons (Fsp3) is 0.898. The van der Waals surface area contributed by atoms with Gasteiger partial charge in [0.15, 0.2) is 6.10 Å². The fourth-order valence-electron chi connectivity index (χ4n) is 7.09. The van der Waals surface area contributed by atoms with Crippen molar-refractivity contribution in [3.63, 3.8) is 0 Å². The predicted octanol–water partition coefficient (Wildman–Crippen LogP) is 15.4. The van der Waals surface area contributed by atoms with Crippen LogP contribution in [0.5, 0.6) is 0 Å². The van der Waals surface area contributed by atoms with Crippen LogP contribution in [0, 0.1) is 0 Å². The molecule has 0 fully saturated rings. The van der Waals surface area contributed by atoms with Crippen LogP contribution in [0.3, 0.4) is 0 Å². The van der Waals surface area contributed by atoms with E-state index in [1.807, 2.05) is 0 Å². The van der Waals surface area contributed by atoms with E-state index in [1.165, 1.54) is 167 Å². The normalized spacial score (nSPS) is 12.0. The number of rotatable bonds is 44. The first-order valence-electron chi connectivity index (χ1n) is 24.2. The molecule has 0 aliphatic rings. The molecule has 0 heterocycles. The lowest BCUT2D eigenvalue weighted by Crippen LogP contribution is -2.30. The molecule has 324 valence electrons. The Balaban J connectivity index is 4.19. The minimum Gasteiger partial charge on any atom is -0.462 e. The molecule has 6 nitrogen and oxygen atoms in total. The second-order valence-corrected chi connectivity index (χ2v) is 16.4. The monoisotopic (exact) mass is 777 g/mol. The van der Waals surface area contributed by atoms with Gasteiger partial charge in [-0.15, -0.1) is 0 Å². The number of carbonyl (C=O) groups excluding carboxylic acids is 3. The van der Waals surface area contributed by atoms with Gasteiger partial charge < -0.3 is 14.2 Å². The van der Waals surface area contributed by atoms with Crippen LogP contribution in [-0.2, 0) is 28.6 Å². The first-order valence-corrected chi connectivity index (χ1v) is 24.2. The molecule has 0 N–H and O–H groups in total. The minimum absolute atomic E-state index is 0.0767. The van der Waals surface area contributed by atoms with Crippen molar-refractivity contribution in [2.24, 2.45) is 0 Å². The molecule has 0 aliphatic carbocycles. The number of ether oxygens (including phenoxy) is 3. The molecule has 0 radical (unpaired) electrons. The Kier molecular flexibility index (Phi) is 43.4. The zero-order chi connectivity index (χ0) is 40.1. The van der Waals surface area contributed by atoms with Crippen LogP contribution in [-0.4, -0.2) is 37.2 Å². The van der Waals surface area contributed by atoms with Crippen LogP contribution in [0.25, 0.3) is 0 Å². The number of carbonyl (C=O) groups is 3. The summed E-state index contributed by atoms with van der Waals surface area (Å²) in [5.74, 6) is -0.905. The van der Waals surface area contributed by atoms with Crippen LogP contribution < -0.4 is 0 Å². The summed E-state index contributed by atoms with van der Waals surface area (Å²) in [5.41, 5.74) is 0. The first kappa shape index (κ1) is 53.1. The van der Waals surface area contributed by atoms with Crippen molar-refractivity contribution in [2.75, 3.05) is 13.2 Å². The number of unbranched alkanes of at least 4 members (excludes halogenated alkanes) is 31. The summed E-state index contributed by atoms with van der Waals surface area (Å²) in [7, 11) is 0. The van der Waals surface area contributed by atoms with Gasteiger partial charge in [0.2, 0.25) is 0 Å². The average molecular weight is 777 g/mol. The van der Waals surface area contributed by atoms with Gasteiger partial charge in [-0.05, 0) is 38.5 Å². The van der Waals surface area contributed by atoms with E-state index in [2.05, 4.69) is 32.9 Å². The Hall–Kier alpha value is -1.85. The summed E-state index contributed by atoms with van der Waals surface area (Å²) in [4.78, 5) is 37.6. The highest BCUT2D eigenvalue weighted by Gasteiger charge is 2.19. The molecule has 0 saturated carbocycles. The van der Waals surface area contributed by atoms with Gasteiger partial charge in [-0.25, -0.2) is 0 Å². The van der Waals surface area contributed by atoms with Crippen molar-refractivity contribution in [3.8, 4) is 0 Å². The second-order valence-electron chi connectivity index (χ2n) is 16.4. The standard InChI is InChI=1S/C49H92O6/c1-4-7-10-13-16-19-20-21-22-23-24-25-26-27-28-31-33-36-39-42-48(51)54-45-46(55-49(52)43-40-37-34-30-18-15-12-9-6-3)44-53-47(50)41-38-35-32-29-17-14-11-8-5-2/h30,34,46H,4-29,31-33,35-45H2,1-3H3/b34-30-. The molecule has 0 rings (SSSR count). The molecule has 1 atom stereocenters. The maximum atomic E-state index is 12.6. The lowest BCUT2D eigenvalue weighted by Gasteiger charge is -2.18. The van der Waals surface area contributed by atoms with E-state index in [0.29, 0.717) is 19.3 Å². The molecule has 0 aromatic rings. The van der Waals surface area contributed by atoms with Gasteiger partial charge in [0.25, 0.3) is 0 Å². The van der Waals surface area contributed by atoms with Crippen LogP contribution in [0.4, 0.5) is 0 Å². The van der Waals surface area contributed by atoms with Crippen molar-refractivity contribution >= 4 is 17.9 Å². The van der Waals surface area contributed by atoms with E-state index in [9.17, 15) is 14.4 Å². The highest BCUT2D eigenvalue weighted by molar-refractivity contribution is 5.71. The first-order chi connectivity index (χ1) is 27.0. The highest BCUT2D eigenvalue weighted by atomic mass is 16.6. The Bertz CT molecular complexity index is 854. The molecule has 0 aliphatic heterocycles. The topological polar surface area (TPSA) is 78.9 Å². The van der Waals surface area contributed by atoms with E-state index < -0.39 is 6.10 Å². The molecule has 1 unspecified atom stereocenters. The Morgan fingerprint density at radius 1 is 0.345 bits per heavy atom. The third-order valence-electron chi connectivity index (χ3n) is 10.8. The minimum atomic E-state index is -0.775. The van der Waals surface area contributed by atoms with Gasteiger partial charge >= 0.3 is 17.9 Å². The van der Waals surface area contributed by atoms with E-state index in [4.69, 9.17) is 14.2 Å². The largest absolute Gasteiger partial charge is 0.462 e. The van der Waals surface area contributed by atoms with E-state index in [0.717, 1.165) is 51.4 Å². The zero-order valence-corrected chi connectivity index (χ0v) is 37.0. The molecule has 6 heteroatoms. The molecule has 0 saturated heterocycles. The van der Waals surface area contributed by atoms with Gasteiger partial charge in [-0.2, -0.15) is 0 Å². The molecule has 0 bridgehead atoms. The van der Waals surface area contributed by atoms with E-state index >= 15 is 0 Å². The molecule has 55 heavy (non-hydrogen) atoms. The number of hydrogen-bond donors (Lipinski definition) is 0. The van der Waals surface area contributed by atoms with Gasteiger partial charge in [-0.3, -0.25) is 14.4 Å². The highest BCUT2D eigenvalue weighted by Crippen LogP contribution is 2.16. The summed E-state index contributed by atoms with van der Waals surface area (Å²) in [6, 6.07) is 0. The Labute approximate surface area is 341 Å². The lowest BCUT2D eigenvalue weighted by molar-refractivity contribution is -0.167. The molecule has 0 aromatic carbocycles. The van der Waals surface area contributed by atoms with Crippen molar-refractivity contribution < 1.29 is 28.6 Å². The average Bonchev–Trinajstić information content (AvgIpc) is 3.18. The van der Waals surface area contributed by atoms with Crippen LogP contribution in [0.2, 0.25) is 0 Å². The van der Waals surface area contributed by atoms with Crippen molar-refractivity contribution in [1.82, 2.24) is 0 Å². The number of esters is 3. The smallest absolute Gasteiger partial charge is 0.306 e. The SMILES string of the molecule is CCCCCC/C=C\CCCC(=O)OC(COC(=O)CCCCCCCCCCC)COC(=O)CCCCCCCCCCCCCCCCCCCCC. The maximum absolute atomic E-state index is 12.6. The van der Waals surface area contributed by atoms with Gasteiger partial charge in [0, 0.05) is 19.3 Å². The molecule has 0 amide bonds. The predicted molar refractivity (Wildman–Crippen MR) is 233 cm³/mol. The Morgan fingerprint density at radius 2 is 0.618 bits per heavy atom. The van der Waals surface area contributed by atoms with Crippen molar-refractivity contribution in [3.05, 3.63) is 12.2 Å². The van der Waals surface area contributed by atoms with Gasteiger partial charge in [0.05, 0.1) is 0 Å². The molecular formula is C49H92O6. The summed E-state index contributed by atoms with van der Waals surface area (Å²) >= 11 is 0. The molecular weight excluding hydrogens is 685 g/mol. The number of hydrogen-bond acceptors (Lipinski definition) is 6. The second kappa shape index (κ2) is 44.9. The van der Waals surface area contributed by atoms with E-state index in [-0.39, 0.29) is 37.5 Å². The zero-order valence-electron chi connectivity index (χ0n) is 37.0. The van der Waals surface area contributed by atoms with E-state index in [1.54, 1.807) is 0 Å². The molecule has 0 aromatic heterocycles. The fourth-order valence-corrected chi connectivity index (χ4v) is 7.09. The third kappa shape index (κ3) is 43.1. The van der Waals surface area contributed by atoms with Crippen LogP contribution in [0.15, 0.2) is 12.2 Å². The summed E-state index contributed by atoms with van der Waals surface area (Å²) in [5, 5.41) is 0. The number of allylic oxidation sites excluding steroid dienone is 2. The summed E-state index contributed by atoms with van der Waals surface area (Å²) < 4.78 is 16.7. The van der Waals surface area contributed by atoms with Crippen LogP contribution in [0.1, 0.15) is 265 Å². The van der Waals surface area contributed by atoms with Crippen molar-refractivity contribution in [1.29, 1.82) is 0 Å². The lowest BCUT2D eigenvalue weighted by atomic mass is 10.0.